The maximum Gasteiger partial charge on any atom is 0.229 e. The first kappa shape index (κ1) is 17.9. The largest absolute Gasteiger partial charge is 0.495 e. The van der Waals surface area contributed by atoms with Crippen molar-refractivity contribution in [3.8, 4) is 5.75 Å². The Labute approximate surface area is 151 Å². The number of hydrogen-bond donors (Lipinski definition) is 1. The minimum atomic E-state index is -0.423. The molecule has 0 bridgehead atoms. The number of hydrogen-bond acceptors (Lipinski definition) is 3. The second-order valence-corrected chi connectivity index (χ2v) is 6.49. The van der Waals surface area contributed by atoms with Gasteiger partial charge in [-0.1, -0.05) is 18.2 Å². The van der Waals surface area contributed by atoms with Gasteiger partial charge in [-0.3, -0.25) is 9.59 Å². The summed E-state index contributed by atoms with van der Waals surface area (Å²) in [6.07, 6.45) is 0.168. The van der Waals surface area contributed by atoms with Crippen LogP contribution in [0.1, 0.15) is 17.5 Å². The van der Waals surface area contributed by atoms with Crippen LogP contribution in [-0.2, 0) is 16.1 Å². The molecule has 0 radical (unpaired) electrons. The summed E-state index contributed by atoms with van der Waals surface area (Å²) in [6.45, 7) is 2.64. The number of rotatable bonds is 5. The molecule has 2 aromatic rings. The Morgan fingerprint density at radius 3 is 2.69 bits per heavy atom. The smallest absolute Gasteiger partial charge is 0.229 e. The van der Waals surface area contributed by atoms with Crippen LogP contribution in [0.3, 0.4) is 0 Å². The lowest BCUT2D eigenvalue weighted by Gasteiger charge is -2.17. The molecule has 26 heavy (non-hydrogen) atoms. The molecule has 2 amide bonds. The topological polar surface area (TPSA) is 58.6 Å². The lowest BCUT2D eigenvalue weighted by atomic mass is 10.1. The molecule has 1 aliphatic rings. The number of likely N-dealkylation sites (tertiary alicyclic amines) is 1. The second-order valence-electron chi connectivity index (χ2n) is 6.49. The maximum atomic E-state index is 13.0. The van der Waals surface area contributed by atoms with E-state index in [1.165, 1.54) is 12.1 Å². The number of methoxy groups -OCH3 is 1. The van der Waals surface area contributed by atoms with Crippen LogP contribution in [0, 0.1) is 18.7 Å². The van der Waals surface area contributed by atoms with Crippen LogP contribution in [0.15, 0.2) is 42.5 Å². The molecule has 1 N–H and O–H groups in total. The van der Waals surface area contributed by atoms with Crippen LogP contribution < -0.4 is 10.1 Å². The number of ether oxygens (including phenoxy) is 1. The van der Waals surface area contributed by atoms with E-state index in [2.05, 4.69) is 5.32 Å². The molecule has 1 heterocycles. The first-order valence-electron chi connectivity index (χ1n) is 8.44. The quantitative estimate of drug-likeness (QED) is 0.895. The van der Waals surface area contributed by atoms with Crippen LogP contribution in [0.5, 0.6) is 5.75 Å². The average Bonchev–Trinajstić information content (AvgIpc) is 2.98. The molecule has 6 heteroatoms. The summed E-state index contributed by atoms with van der Waals surface area (Å²) in [6, 6.07) is 11.6. The molecule has 1 aliphatic heterocycles. The van der Waals surface area contributed by atoms with E-state index >= 15 is 0 Å². The van der Waals surface area contributed by atoms with Gasteiger partial charge in [0.15, 0.2) is 0 Å². The number of carbonyl (C=O) groups excluding carboxylic acids is 2. The Kier molecular flexibility index (Phi) is 5.21. The summed E-state index contributed by atoms with van der Waals surface area (Å²) in [5.74, 6) is -0.440. The van der Waals surface area contributed by atoms with Crippen LogP contribution in [0.25, 0.3) is 0 Å². The zero-order valence-electron chi connectivity index (χ0n) is 14.8. The number of aryl methyl sites for hydroxylation is 1. The van der Waals surface area contributed by atoms with Gasteiger partial charge in [0.2, 0.25) is 11.8 Å². The van der Waals surface area contributed by atoms with E-state index in [1.807, 2.05) is 19.1 Å². The van der Waals surface area contributed by atoms with Gasteiger partial charge in [-0.05, 0) is 42.3 Å². The second kappa shape index (κ2) is 7.56. The number of halogens is 1. The van der Waals surface area contributed by atoms with Gasteiger partial charge in [0.25, 0.3) is 0 Å². The minimum absolute atomic E-state index is 0.0781. The fourth-order valence-electron chi connectivity index (χ4n) is 3.07. The minimum Gasteiger partial charge on any atom is -0.495 e. The Bertz CT molecular complexity index is 820. The Balaban J connectivity index is 1.65. The highest BCUT2D eigenvalue weighted by molar-refractivity contribution is 5.98. The monoisotopic (exact) mass is 356 g/mol. The van der Waals surface area contributed by atoms with Gasteiger partial charge in [-0.2, -0.15) is 0 Å². The molecule has 3 rings (SSSR count). The first-order valence-corrected chi connectivity index (χ1v) is 8.44. The predicted octanol–water partition coefficient (Wildman–Crippen LogP) is 3.13. The van der Waals surface area contributed by atoms with Crippen molar-refractivity contribution in [3.05, 3.63) is 59.4 Å². The maximum absolute atomic E-state index is 13.0. The van der Waals surface area contributed by atoms with Crippen LogP contribution in [0.4, 0.5) is 10.1 Å². The van der Waals surface area contributed by atoms with Crippen LogP contribution in [0.2, 0.25) is 0 Å². The third kappa shape index (κ3) is 4.02. The molecule has 0 aliphatic carbocycles. The highest BCUT2D eigenvalue weighted by Crippen LogP contribution is 2.27. The normalized spacial score (nSPS) is 16.7. The van der Waals surface area contributed by atoms with Gasteiger partial charge in [-0.15, -0.1) is 0 Å². The highest BCUT2D eigenvalue weighted by Gasteiger charge is 2.34. The lowest BCUT2D eigenvalue weighted by Crippen LogP contribution is -2.28. The van der Waals surface area contributed by atoms with Gasteiger partial charge in [0.1, 0.15) is 11.6 Å². The first-order chi connectivity index (χ1) is 12.5. The Hall–Kier alpha value is -2.89. The number of benzene rings is 2. The molecule has 1 unspecified atom stereocenters. The molecule has 1 atom stereocenters. The molecular formula is C20H21FN2O3. The molecule has 1 fully saturated rings. The molecule has 0 aromatic heterocycles. The van der Waals surface area contributed by atoms with Gasteiger partial charge in [0, 0.05) is 19.5 Å². The zero-order chi connectivity index (χ0) is 18.7. The van der Waals surface area contributed by atoms with Gasteiger partial charge >= 0.3 is 0 Å². The number of anilines is 1. The van der Waals surface area contributed by atoms with Crippen molar-refractivity contribution in [2.24, 2.45) is 5.92 Å². The van der Waals surface area contributed by atoms with Gasteiger partial charge < -0.3 is 15.0 Å². The molecular weight excluding hydrogens is 335 g/mol. The van der Waals surface area contributed by atoms with E-state index in [-0.39, 0.29) is 24.1 Å². The van der Waals surface area contributed by atoms with Crippen molar-refractivity contribution in [3.63, 3.8) is 0 Å². The van der Waals surface area contributed by atoms with Gasteiger partial charge in [-0.25, -0.2) is 4.39 Å². The van der Waals surface area contributed by atoms with E-state index in [0.717, 1.165) is 11.1 Å². The SMILES string of the molecule is COc1ccc(C)cc1NC(=O)C1CC(=O)N(Cc2ccc(F)cc2)C1. The molecule has 2 aromatic carbocycles. The van der Waals surface area contributed by atoms with Crippen molar-refractivity contribution in [2.45, 2.75) is 19.9 Å². The van der Waals surface area contributed by atoms with E-state index < -0.39 is 5.92 Å². The molecule has 1 saturated heterocycles. The van der Waals surface area contributed by atoms with E-state index in [9.17, 15) is 14.0 Å². The summed E-state index contributed by atoms with van der Waals surface area (Å²) in [7, 11) is 1.55. The van der Waals surface area contributed by atoms with Crippen molar-refractivity contribution in [2.75, 3.05) is 19.0 Å². The van der Waals surface area contributed by atoms with Crippen molar-refractivity contribution in [1.29, 1.82) is 0 Å². The number of carbonyl (C=O) groups is 2. The summed E-state index contributed by atoms with van der Waals surface area (Å²) >= 11 is 0. The Morgan fingerprint density at radius 2 is 2.00 bits per heavy atom. The van der Waals surface area contributed by atoms with Crippen molar-refractivity contribution < 1.29 is 18.7 Å². The molecule has 5 nitrogen and oxygen atoms in total. The van der Waals surface area contributed by atoms with E-state index in [4.69, 9.17) is 4.74 Å². The fraction of sp³-hybridized carbons (Fsp3) is 0.300. The molecule has 0 spiro atoms. The molecule has 136 valence electrons. The lowest BCUT2D eigenvalue weighted by molar-refractivity contribution is -0.128. The zero-order valence-corrected chi connectivity index (χ0v) is 14.8. The fourth-order valence-corrected chi connectivity index (χ4v) is 3.07. The average molecular weight is 356 g/mol. The third-order valence-corrected chi connectivity index (χ3v) is 4.48. The van der Waals surface area contributed by atoms with Gasteiger partial charge in [0.05, 0.1) is 18.7 Å². The van der Waals surface area contributed by atoms with Crippen molar-refractivity contribution >= 4 is 17.5 Å². The third-order valence-electron chi connectivity index (χ3n) is 4.48. The summed E-state index contributed by atoms with van der Waals surface area (Å²) < 4.78 is 18.3. The number of nitrogens with zero attached hydrogens (tertiary/aromatic N) is 1. The predicted molar refractivity (Wildman–Crippen MR) is 96.3 cm³/mol. The van der Waals surface area contributed by atoms with E-state index in [0.29, 0.717) is 24.5 Å². The Morgan fingerprint density at radius 1 is 1.27 bits per heavy atom. The number of amides is 2. The van der Waals surface area contributed by atoms with E-state index in [1.54, 1.807) is 30.2 Å². The van der Waals surface area contributed by atoms with Crippen LogP contribution >= 0.6 is 0 Å². The number of nitrogens with one attached hydrogen (secondary N) is 1. The molecule has 0 saturated carbocycles. The van der Waals surface area contributed by atoms with Crippen molar-refractivity contribution in [1.82, 2.24) is 4.90 Å². The standard InChI is InChI=1S/C20H21FN2O3/c1-13-3-8-18(26-2)17(9-13)22-20(25)15-10-19(24)23(12-15)11-14-4-6-16(21)7-5-14/h3-9,15H,10-12H2,1-2H3,(H,22,25). The van der Waals surface area contributed by atoms with Crippen LogP contribution in [-0.4, -0.2) is 30.4 Å². The summed E-state index contributed by atoms with van der Waals surface area (Å²) in [5, 5.41) is 2.86. The highest BCUT2D eigenvalue weighted by atomic mass is 19.1. The summed E-state index contributed by atoms with van der Waals surface area (Å²) in [5.41, 5.74) is 2.43. The summed E-state index contributed by atoms with van der Waals surface area (Å²) in [4.78, 5) is 26.5.